The Bertz CT molecular complexity index is 643. The van der Waals surface area contributed by atoms with Crippen LogP contribution in [0.4, 0.5) is 16.3 Å². The Kier molecular flexibility index (Phi) is 9.23. The highest BCUT2D eigenvalue weighted by Crippen LogP contribution is 2.19. The first-order valence-electron chi connectivity index (χ1n) is 9.41. The third-order valence-electron chi connectivity index (χ3n) is 4.78. The Morgan fingerprint density at radius 3 is 2.43 bits per heavy atom. The number of nitrogens with zero attached hydrogens (tertiary/aromatic N) is 3. The molecule has 0 spiro atoms. The van der Waals surface area contributed by atoms with Crippen LogP contribution in [0.5, 0.6) is 0 Å². The van der Waals surface area contributed by atoms with Crippen molar-refractivity contribution in [3.05, 3.63) is 18.3 Å². The standard InChI is InChI=1S/C19H31N5O2S.ClH/c1-6-26-18(25)24-11-9-23(10-12-24)16-8-7-15(13-20-16)22-17(27)21-14(2)19(3,4)5;/h7-8,13-14H,6,9-12H2,1-5H3,(H2,21,22,27);1H. The molecule has 2 N–H and O–H groups in total. The molecule has 9 heteroatoms. The van der Waals surface area contributed by atoms with E-state index in [0.29, 0.717) is 24.8 Å². The molecule has 2 heterocycles. The zero-order valence-electron chi connectivity index (χ0n) is 17.3. The Labute approximate surface area is 179 Å². The number of hydrogen-bond donors (Lipinski definition) is 2. The smallest absolute Gasteiger partial charge is 0.409 e. The van der Waals surface area contributed by atoms with Crippen LogP contribution >= 0.6 is 24.6 Å². The molecule has 1 unspecified atom stereocenters. The summed E-state index contributed by atoms with van der Waals surface area (Å²) in [5.74, 6) is 0.894. The SMILES string of the molecule is CCOC(=O)N1CCN(c2ccc(NC(=S)NC(C)C(C)(C)C)cn2)CC1.Cl. The number of carbonyl (C=O) groups is 1. The molecular formula is C19H32ClN5O2S. The van der Waals surface area contributed by atoms with Crippen molar-refractivity contribution >= 4 is 47.3 Å². The lowest BCUT2D eigenvalue weighted by Crippen LogP contribution is -2.49. The summed E-state index contributed by atoms with van der Waals surface area (Å²) in [6.07, 6.45) is 1.54. The average Bonchev–Trinajstić information content (AvgIpc) is 2.62. The van der Waals surface area contributed by atoms with Gasteiger partial charge in [-0.3, -0.25) is 0 Å². The molecule has 0 saturated carbocycles. The van der Waals surface area contributed by atoms with Crippen molar-refractivity contribution in [2.24, 2.45) is 5.41 Å². The quantitative estimate of drug-likeness (QED) is 0.709. The van der Waals surface area contributed by atoms with E-state index in [0.717, 1.165) is 24.6 Å². The summed E-state index contributed by atoms with van der Waals surface area (Å²) in [5.41, 5.74) is 0.974. The summed E-state index contributed by atoms with van der Waals surface area (Å²) >= 11 is 5.39. The number of aromatic nitrogens is 1. The van der Waals surface area contributed by atoms with Gasteiger partial charge in [0.15, 0.2) is 5.11 Å². The van der Waals surface area contributed by atoms with Crippen molar-refractivity contribution in [2.45, 2.75) is 40.7 Å². The third-order valence-corrected chi connectivity index (χ3v) is 5.00. The molecule has 0 aliphatic carbocycles. The molecule has 0 bridgehead atoms. The van der Waals surface area contributed by atoms with E-state index in [1.165, 1.54) is 0 Å². The van der Waals surface area contributed by atoms with Crippen molar-refractivity contribution in [1.29, 1.82) is 0 Å². The van der Waals surface area contributed by atoms with E-state index in [1.54, 1.807) is 11.1 Å². The van der Waals surface area contributed by atoms with Crippen LogP contribution in [0.25, 0.3) is 0 Å². The number of hydrogen-bond acceptors (Lipinski definition) is 5. The van der Waals surface area contributed by atoms with Crippen LogP contribution in [0.3, 0.4) is 0 Å². The molecule has 1 aliphatic heterocycles. The van der Waals surface area contributed by atoms with Crippen LogP contribution in [0.15, 0.2) is 18.3 Å². The number of carbonyl (C=O) groups excluding carboxylic acids is 1. The molecule has 2 rings (SSSR count). The van der Waals surface area contributed by atoms with E-state index in [2.05, 4.69) is 48.2 Å². The number of rotatable bonds is 4. The molecule has 1 fully saturated rings. The predicted molar refractivity (Wildman–Crippen MR) is 121 cm³/mol. The van der Waals surface area contributed by atoms with Crippen LogP contribution in [-0.2, 0) is 4.74 Å². The maximum absolute atomic E-state index is 11.8. The fourth-order valence-corrected chi connectivity index (χ4v) is 2.85. The zero-order valence-corrected chi connectivity index (χ0v) is 19.0. The van der Waals surface area contributed by atoms with Crippen LogP contribution in [0.1, 0.15) is 34.6 Å². The first-order valence-corrected chi connectivity index (χ1v) is 9.81. The first kappa shape index (κ1) is 24.2. The van der Waals surface area contributed by atoms with Crippen LogP contribution in [-0.4, -0.2) is 59.9 Å². The molecule has 1 aliphatic rings. The van der Waals surface area contributed by atoms with Gasteiger partial charge in [-0.15, -0.1) is 12.4 Å². The first-order chi connectivity index (χ1) is 12.7. The molecule has 28 heavy (non-hydrogen) atoms. The Morgan fingerprint density at radius 1 is 1.29 bits per heavy atom. The zero-order chi connectivity index (χ0) is 20.0. The maximum atomic E-state index is 11.8. The van der Waals surface area contributed by atoms with Crippen LogP contribution in [0, 0.1) is 5.41 Å². The van der Waals surface area contributed by atoms with Gasteiger partial charge >= 0.3 is 6.09 Å². The second kappa shape index (κ2) is 10.7. The third kappa shape index (κ3) is 6.98. The largest absolute Gasteiger partial charge is 0.450 e. The van der Waals surface area contributed by atoms with Crippen molar-refractivity contribution in [2.75, 3.05) is 43.0 Å². The van der Waals surface area contributed by atoms with Crippen molar-refractivity contribution in [1.82, 2.24) is 15.2 Å². The van der Waals surface area contributed by atoms with E-state index in [-0.39, 0.29) is 30.0 Å². The molecule has 1 aromatic heterocycles. The van der Waals surface area contributed by atoms with Gasteiger partial charge in [0, 0.05) is 32.2 Å². The Hall–Kier alpha value is -1.80. The lowest BCUT2D eigenvalue weighted by Gasteiger charge is -2.34. The molecule has 158 valence electrons. The number of piperazine rings is 1. The summed E-state index contributed by atoms with van der Waals surface area (Å²) in [6, 6.07) is 4.19. The summed E-state index contributed by atoms with van der Waals surface area (Å²) in [6.45, 7) is 13.6. The van der Waals surface area contributed by atoms with Gasteiger partial charge in [0.1, 0.15) is 5.82 Å². The maximum Gasteiger partial charge on any atom is 0.409 e. The van der Waals surface area contributed by atoms with Crippen molar-refractivity contribution in [3.8, 4) is 0 Å². The molecule has 1 saturated heterocycles. The summed E-state index contributed by atoms with van der Waals surface area (Å²) in [7, 11) is 0. The fraction of sp³-hybridized carbons (Fsp3) is 0.632. The highest BCUT2D eigenvalue weighted by atomic mass is 35.5. The summed E-state index contributed by atoms with van der Waals surface area (Å²) in [4.78, 5) is 20.2. The monoisotopic (exact) mass is 429 g/mol. The molecule has 0 radical (unpaired) electrons. The van der Waals surface area contributed by atoms with E-state index >= 15 is 0 Å². The molecule has 1 amide bonds. The normalized spacial score (nSPS) is 15.3. The van der Waals surface area contributed by atoms with Gasteiger partial charge in [0.05, 0.1) is 18.5 Å². The van der Waals surface area contributed by atoms with Gasteiger partial charge in [-0.25, -0.2) is 9.78 Å². The summed E-state index contributed by atoms with van der Waals surface area (Å²) in [5, 5.41) is 7.08. The van der Waals surface area contributed by atoms with E-state index in [1.807, 2.05) is 19.1 Å². The molecule has 1 aromatic rings. The molecule has 0 aromatic carbocycles. The summed E-state index contributed by atoms with van der Waals surface area (Å²) < 4.78 is 5.05. The molecular weight excluding hydrogens is 398 g/mol. The number of pyridine rings is 1. The number of anilines is 2. The van der Waals surface area contributed by atoms with Crippen molar-refractivity contribution < 1.29 is 9.53 Å². The number of thiocarbonyl (C=S) groups is 1. The van der Waals surface area contributed by atoms with Crippen molar-refractivity contribution in [3.63, 3.8) is 0 Å². The minimum atomic E-state index is -0.241. The average molecular weight is 430 g/mol. The van der Waals surface area contributed by atoms with Gasteiger partial charge in [0.2, 0.25) is 0 Å². The number of ether oxygens (including phenoxy) is 1. The fourth-order valence-electron chi connectivity index (χ4n) is 2.56. The highest BCUT2D eigenvalue weighted by molar-refractivity contribution is 7.80. The topological polar surface area (TPSA) is 69.7 Å². The Balaban J connectivity index is 0.00000392. The van der Waals surface area contributed by atoms with Crippen LogP contribution < -0.4 is 15.5 Å². The van der Waals surface area contributed by atoms with Gasteiger partial charge in [-0.2, -0.15) is 0 Å². The van der Waals surface area contributed by atoms with Crippen LogP contribution in [0.2, 0.25) is 0 Å². The number of amides is 1. The second-order valence-electron chi connectivity index (χ2n) is 7.76. The van der Waals surface area contributed by atoms with Gasteiger partial charge in [-0.1, -0.05) is 20.8 Å². The van der Waals surface area contributed by atoms with Gasteiger partial charge in [0.25, 0.3) is 0 Å². The number of nitrogens with one attached hydrogen (secondary N) is 2. The van der Waals surface area contributed by atoms with E-state index in [9.17, 15) is 4.79 Å². The molecule has 7 nitrogen and oxygen atoms in total. The van der Waals surface area contributed by atoms with Gasteiger partial charge < -0.3 is 25.2 Å². The van der Waals surface area contributed by atoms with E-state index < -0.39 is 0 Å². The lowest BCUT2D eigenvalue weighted by atomic mass is 9.88. The lowest BCUT2D eigenvalue weighted by molar-refractivity contribution is 0.105. The van der Waals surface area contributed by atoms with E-state index in [4.69, 9.17) is 17.0 Å². The number of halogens is 1. The second-order valence-corrected chi connectivity index (χ2v) is 8.17. The Morgan fingerprint density at radius 2 is 1.93 bits per heavy atom. The van der Waals surface area contributed by atoms with Gasteiger partial charge in [-0.05, 0) is 43.6 Å². The predicted octanol–water partition coefficient (Wildman–Crippen LogP) is 3.50. The minimum Gasteiger partial charge on any atom is -0.450 e. The highest BCUT2D eigenvalue weighted by Gasteiger charge is 2.23. The minimum absolute atomic E-state index is 0. The molecule has 1 atom stereocenters.